The first-order valence-corrected chi connectivity index (χ1v) is 8.63. The molecule has 0 aromatic heterocycles. The van der Waals surface area contributed by atoms with E-state index in [0.717, 1.165) is 44.2 Å². The molecule has 5 nitrogen and oxygen atoms in total. The van der Waals surface area contributed by atoms with Gasteiger partial charge in [0.15, 0.2) is 34.8 Å². The van der Waals surface area contributed by atoms with Crippen LogP contribution in [0.5, 0.6) is 11.5 Å². The molecule has 0 radical (unpaired) electrons. The van der Waals surface area contributed by atoms with Gasteiger partial charge in [0.05, 0.1) is 25.1 Å². The Hall–Kier alpha value is -2.68. The molecule has 0 aliphatic heterocycles. The van der Waals surface area contributed by atoms with E-state index < -0.39 is 34.8 Å². The summed E-state index contributed by atoms with van der Waals surface area (Å²) in [6, 6.07) is 3.58. The van der Waals surface area contributed by atoms with E-state index in [1.807, 2.05) is 0 Å². The molecule has 2 aromatic carbocycles. The summed E-state index contributed by atoms with van der Waals surface area (Å²) in [7, 11) is 1.12. The van der Waals surface area contributed by atoms with Crippen molar-refractivity contribution in [2.75, 3.05) is 20.3 Å². The normalized spacial score (nSPS) is 11.2. The molecule has 0 fully saturated rings. The minimum absolute atomic E-state index is 0.107. The molecule has 0 aliphatic carbocycles. The van der Waals surface area contributed by atoms with Gasteiger partial charge < -0.3 is 14.6 Å². The molecule has 9 heteroatoms. The molecule has 0 bridgehead atoms. The topological polar surface area (TPSA) is 63.4 Å². The average molecular weight is 400 g/mol. The van der Waals surface area contributed by atoms with Crippen LogP contribution in [-0.4, -0.2) is 25.4 Å². The quantitative estimate of drug-likeness (QED) is 0.321. The Morgan fingerprint density at radius 3 is 1.68 bits per heavy atom. The zero-order valence-electron chi connectivity index (χ0n) is 15.2. The Kier molecular flexibility index (Phi) is 8.19. The Labute approximate surface area is 159 Å². The van der Waals surface area contributed by atoms with E-state index in [1.165, 1.54) is 0 Å². The summed E-state index contributed by atoms with van der Waals surface area (Å²) in [5.74, 6) is -4.96. The second-order valence-corrected chi connectivity index (χ2v) is 5.87. The van der Waals surface area contributed by atoms with Crippen molar-refractivity contribution in [3.05, 3.63) is 47.5 Å². The van der Waals surface area contributed by atoms with Crippen molar-refractivity contribution in [3.63, 3.8) is 0 Å². The zero-order valence-corrected chi connectivity index (χ0v) is 15.2. The van der Waals surface area contributed by atoms with Gasteiger partial charge in [-0.2, -0.15) is 10.2 Å². The molecule has 0 heterocycles. The summed E-state index contributed by atoms with van der Waals surface area (Å²) in [5.41, 5.74) is -0.359. The average Bonchev–Trinajstić information content (AvgIpc) is 2.64. The van der Waals surface area contributed by atoms with Crippen LogP contribution in [0.25, 0.3) is 0 Å². The molecule has 1 N–H and O–H groups in total. The van der Waals surface area contributed by atoms with E-state index in [2.05, 4.69) is 15.0 Å². The molecule has 2 aromatic rings. The number of unbranched alkanes of at least 4 members (excludes halogenated alkanes) is 3. The second kappa shape index (κ2) is 10.6. The van der Waals surface area contributed by atoms with Crippen LogP contribution < -0.4 is 9.47 Å². The third kappa shape index (κ3) is 5.91. The minimum atomic E-state index is -0.975. The minimum Gasteiger partial charge on any atom is -0.491 e. The molecule has 152 valence electrons. The van der Waals surface area contributed by atoms with E-state index in [1.54, 1.807) is 0 Å². The third-order valence-electron chi connectivity index (χ3n) is 3.75. The number of aliphatic hydroxyl groups excluding tert-OH is 1. The van der Waals surface area contributed by atoms with Gasteiger partial charge in [-0.1, -0.05) is 6.42 Å². The first kappa shape index (κ1) is 21.6. The molecule has 0 atom stereocenters. The number of azo groups is 1. The number of hydrogen-bond acceptors (Lipinski definition) is 5. The van der Waals surface area contributed by atoms with Gasteiger partial charge in [0, 0.05) is 30.9 Å². The standard InChI is InChI=1S/C19H20F4N2O3/c1-27-18-14(20)8-12(9-15(18)21)24-25-13-10-16(22)19(17(23)11-13)28-7-5-3-2-4-6-26/h8-11,26H,2-7H2,1H3. The summed E-state index contributed by atoms with van der Waals surface area (Å²) in [4.78, 5) is 0. The number of benzene rings is 2. The van der Waals surface area contributed by atoms with Gasteiger partial charge >= 0.3 is 0 Å². The Balaban J connectivity index is 2.04. The van der Waals surface area contributed by atoms with Crippen molar-refractivity contribution in [2.45, 2.75) is 25.7 Å². The lowest BCUT2D eigenvalue weighted by molar-refractivity contribution is 0.263. The maximum atomic E-state index is 14.1. The van der Waals surface area contributed by atoms with Crippen LogP contribution >= 0.6 is 0 Å². The van der Waals surface area contributed by atoms with E-state index >= 15 is 0 Å². The highest BCUT2D eigenvalue weighted by atomic mass is 19.1. The van der Waals surface area contributed by atoms with Crippen LogP contribution in [0.1, 0.15) is 25.7 Å². The van der Waals surface area contributed by atoms with Gasteiger partial charge in [0.1, 0.15) is 0 Å². The van der Waals surface area contributed by atoms with E-state index in [9.17, 15) is 17.6 Å². The van der Waals surface area contributed by atoms with E-state index in [0.29, 0.717) is 12.8 Å². The van der Waals surface area contributed by atoms with Crippen molar-refractivity contribution in [3.8, 4) is 11.5 Å². The highest BCUT2D eigenvalue weighted by Gasteiger charge is 2.14. The maximum Gasteiger partial charge on any atom is 0.190 e. The largest absolute Gasteiger partial charge is 0.491 e. The molecule has 28 heavy (non-hydrogen) atoms. The summed E-state index contributed by atoms with van der Waals surface area (Å²) in [6.07, 6.45) is 2.83. The maximum absolute atomic E-state index is 14.1. The van der Waals surface area contributed by atoms with Gasteiger partial charge in [0.2, 0.25) is 0 Å². The number of methoxy groups -OCH3 is 1. The monoisotopic (exact) mass is 400 g/mol. The number of aliphatic hydroxyl groups is 1. The van der Waals surface area contributed by atoms with Gasteiger partial charge in [-0.3, -0.25) is 0 Å². The van der Waals surface area contributed by atoms with Gasteiger partial charge in [0.25, 0.3) is 0 Å². The second-order valence-electron chi connectivity index (χ2n) is 5.87. The van der Waals surface area contributed by atoms with Crippen LogP contribution in [0.15, 0.2) is 34.5 Å². The molecular formula is C19H20F4N2O3. The Morgan fingerprint density at radius 2 is 1.21 bits per heavy atom. The van der Waals surface area contributed by atoms with Gasteiger partial charge in [-0.15, -0.1) is 0 Å². The fourth-order valence-corrected chi connectivity index (χ4v) is 2.40. The molecule has 0 unspecified atom stereocenters. The summed E-state index contributed by atoms with van der Waals surface area (Å²) in [6.45, 7) is 0.237. The van der Waals surface area contributed by atoms with Crippen LogP contribution in [0.3, 0.4) is 0 Å². The van der Waals surface area contributed by atoms with Crippen LogP contribution in [-0.2, 0) is 0 Å². The number of halogens is 4. The van der Waals surface area contributed by atoms with E-state index in [-0.39, 0.29) is 24.6 Å². The first-order chi connectivity index (χ1) is 13.5. The van der Waals surface area contributed by atoms with Crippen LogP contribution in [0.4, 0.5) is 28.9 Å². The lowest BCUT2D eigenvalue weighted by atomic mass is 10.2. The summed E-state index contributed by atoms with van der Waals surface area (Å²) < 4.78 is 65.0. The number of nitrogens with zero attached hydrogens (tertiary/aromatic N) is 2. The lowest BCUT2D eigenvalue weighted by Crippen LogP contribution is -2.01. The third-order valence-corrected chi connectivity index (χ3v) is 3.75. The highest BCUT2D eigenvalue weighted by Crippen LogP contribution is 2.30. The van der Waals surface area contributed by atoms with Crippen molar-refractivity contribution >= 4 is 11.4 Å². The first-order valence-electron chi connectivity index (χ1n) is 8.63. The highest BCUT2D eigenvalue weighted by molar-refractivity contribution is 5.46. The van der Waals surface area contributed by atoms with Crippen molar-refractivity contribution in [1.29, 1.82) is 0 Å². The van der Waals surface area contributed by atoms with Crippen LogP contribution in [0, 0.1) is 23.3 Å². The van der Waals surface area contributed by atoms with Gasteiger partial charge in [-0.25, -0.2) is 17.6 Å². The smallest absolute Gasteiger partial charge is 0.190 e. The number of rotatable bonds is 10. The Morgan fingerprint density at radius 1 is 0.750 bits per heavy atom. The summed E-state index contributed by atoms with van der Waals surface area (Å²) in [5, 5.41) is 15.9. The SMILES string of the molecule is COc1c(F)cc(N=Nc2cc(F)c(OCCCCCCO)c(F)c2)cc1F. The molecular weight excluding hydrogens is 380 g/mol. The number of hydrogen-bond donors (Lipinski definition) is 1. The number of ether oxygens (including phenoxy) is 2. The summed E-state index contributed by atoms with van der Waals surface area (Å²) >= 11 is 0. The molecule has 2 rings (SSSR count). The fourth-order valence-electron chi connectivity index (χ4n) is 2.40. The van der Waals surface area contributed by atoms with Gasteiger partial charge in [-0.05, 0) is 19.3 Å². The zero-order chi connectivity index (χ0) is 20.5. The lowest BCUT2D eigenvalue weighted by Gasteiger charge is -2.08. The fraction of sp³-hybridized carbons (Fsp3) is 0.368. The predicted molar refractivity (Wildman–Crippen MR) is 94.5 cm³/mol. The predicted octanol–water partition coefficient (Wildman–Crippen LogP) is 5.60. The molecule has 0 amide bonds. The Bertz CT molecular complexity index is 785. The van der Waals surface area contributed by atoms with Crippen molar-refractivity contribution in [1.82, 2.24) is 0 Å². The van der Waals surface area contributed by atoms with Crippen molar-refractivity contribution in [2.24, 2.45) is 10.2 Å². The molecule has 0 aliphatic rings. The van der Waals surface area contributed by atoms with Crippen molar-refractivity contribution < 1.29 is 32.1 Å². The van der Waals surface area contributed by atoms with E-state index in [4.69, 9.17) is 9.84 Å². The molecule has 0 saturated heterocycles. The molecule has 0 saturated carbocycles. The molecule has 0 spiro atoms. The van der Waals surface area contributed by atoms with Crippen LogP contribution in [0.2, 0.25) is 0 Å².